The summed E-state index contributed by atoms with van der Waals surface area (Å²) in [6, 6.07) is 4.18. The van der Waals surface area contributed by atoms with Crippen LogP contribution >= 0.6 is 0 Å². The lowest BCUT2D eigenvalue weighted by Crippen LogP contribution is -2.15. The number of hydrogen-bond donors (Lipinski definition) is 2. The van der Waals surface area contributed by atoms with Crippen molar-refractivity contribution in [2.75, 3.05) is 23.7 Å². The molecule has 0 aromatic carbocycles. The molecule has 0 bridgehead atoms. The number of anilines is 2. The Morgan fingerprint density at radius 2 is 2.33 bits per heavy atom. The molecular weight excluding hydrogens is 186 g/mol. The fraction of sp³-hybridized carbons (Fsp3) is 0.583. The van der Waals surface area contributed by atoms with E-state index in [2.05, 4.69) is 41.6 Å². The molecule has 0 aliphatic carbocycles. The van der Waals surface area contributed by atoms with E-state index in [0.717, 1.165) is 25.3 Å². The molecule has 3 heteroatoms. The third-order valence-corrected chi connectivity index (χ3v) is 2.57. The van der Waals surface area contributed by atoms with Gasteiger partial charge in [-0.15, -0.1) is 0 Å². The predicted molar refractivity (Wildman–Crippen MR) is 64.4 cm³/mol. The first-order valence-electron chi connectivity index (χ1n) is 5.73. The van der Waals surface area contributed by atoms with E-state index in [-0.39, 0.29) is 0 Å². The summed E-state index contributed by atoms with van der Waals surface area (Å²) < 4.78 is 0. The molecule has 1 aromatic heterocycles. The van der Waals surface area contributed by atoms with Crippen LogP contribution in [0.3, 0.4) is 0 Å². The molecule has 0 unspecified atom stereocenters. The summed E-state index contributed by atoms with van der Waals surface area (Å²) in [4.78, 5) is 4.61. The van der Waals surface area contributed by atoms with Gasteiger partial charge in [-0.25, -0.2) is 4.98 Å². The van der Waals surface area contributed by atoms with Gasteiger partial charge in [-0.2, -0.15) is 0 Å². The van der Waals surface area contributed by atoms with E-state index < -0.39 is 0 Å². The van der Waals surface area contributed by atoms with E-state index in [9.17, 15) is 0 Å². The monoisotopic (exact) mass is 205 g/mol. The Hall–Kier alpha value is -1.25. The van der Waals surface area contributed by atoms with Crippen molar-refractivity contribution >= 4 is 11.5 Å². The van der Waals surface area contributed by atoms with Crippen LogP contribution in [0.2, 0.25) is 0 Å². The number of nitrogens with one attached hydrogen (secondary N) is 2. The number of hydrogen-bond acceptors (Lipinski definition) is 3. The maximum atomic E-state index is 4.61. The molecule has 1 aliphatic heterocycles. The second kappa shape index (κ2) is 4.51. The fourth-order valence-corrected chi connectivity index (χ4v) is 1.74. The highest BCUT2D eigenvalue weighted by Gasteiger charge is 2.09. The van der Waals surface area contributed by atoms with Crippen molar-refractivity contribution in [1.29, 1.82) is 0 Å². The van der Waals surface area contributed by atoms with E-state index in [1.165, 1.54) is 17.8 Å². The van der Waals surface area contributed by atoms with Crippen molar-refractivity contribution in [2.24, 2.45) is 5.92 Å². The molecule has 0 atom stereocenters. The molecule has 0 amide bonds. The summed E-state index contributed by atoms with van der Waals surface area (Å²) in [7, 11) is 0. The summed E-state index contributed by atoms with van der Waals surface area (Å²) in [6.45, 7) is 6.46. The largest absolute Gasteiger partial charge is 0.384 e. The summed E-state index contributed by atoms with van der Waals surface area (Å²) in [5, 5.41) is 6.72. The highest BCUT2D eigenvalue weighted by molar-refractivity contribution is 5.54. The van der Waals surface area contributed by atoms with E-state index in [4.69, 9.17) is 0 Å². The van der Waals surface area contributed by atoms with Crippen molar-refractivity contribution in [3.8, 4) is 0 Å². The van der Waals surface area contributed by atoms with Crippen LogP contribution in [0.4, 0.5) is 11.5 Å². The van der Waals surface area contributed by atoms with Crippen LogP contribution in [0, 0.1) is 5.92 Å². The number of pyridine rings is 1. The van der Waals surface area contributed by atoms with E-state index >= 15 is 0 Å². The molecule has 82 valence electrons. The van der Waals surface area contributed by atoms with Gasteiger partial charge in [0.2, 0.25) is 0 Å². The van der Waals surface area contributed by atoms with Gasteiger partial charge in [0, 0.05) is 13.1 Å². The Morgan fingerprint density at radius 3 is 3.13 bits per heavy atom. The number of rotatable bonds is 3. The first-order valence-corrected chi connectivity index (χ1v) is 5.73. The average molecular weight is 205 g/mol. The number of fused-ring (bicyclic) bond motifs is 1. The van der Waals surface area contributed by atoms with Crippen LogP contribution in [0.15, 0.2) is 12.1 Å². The van der Waals surface area contributed by atoms with E-state index in [1.54, 1.807) is 0 Å². The molecule has 2 N–H and O–H groups in total. The lowest BCUT2D eigenvalue weighted by Gasteiger charge is -2.18. The topological polar surface area (TPSA) is 37.0 Å². The van der Waals surface area contributed by atoms with Crippen molar-refractivity contribution in [2.45, 2.75) is 26.7 Å². The minimum atomic E-state index is 0.654. The molecule has 2 heterocycles. The van der Waals surface area contributed by atoms with Crippen molar-refractivity contribution in [3.63, 3.8) is 0 Å². The molecule has 1 aromatic rings. The van der Waals surface area contributed by atoms with Crippen LogP contribution in [-0.4, -0.2) is 18.1 Å². The van der Waals surface area contributed by atoms with E-state index in [1.807, 2.05) is 0 Å². The first-order chi connectivity index (χ1) is 7.25. The Bertz CT molecular complexity index is 334. The van der Waals surface area contributed by atoms with Crippen LogP contribution < -0.4 is 10.6 Å². The number of aromatic nitrogens is 1. The minimum absolute atomic E-state index is 0.654. The zero-order valence-corrected chi connectivity index (χ0v) is 9.51. The molecule has 0 radical (unpaired) electrons. The Kier molecular flexibility index (Phi) is 3.09. The lowest BCUT2D eigenvalue weighted by atomic mass is 10.1. The summed E-state index contributed by atoms with van der Waals surface area (Å²) in [5.74, 6) is 1.66. The third-order valence-electron chi connectivity index (χ3n) is 2.57. The predicted octanol–water partition coefficient (Wildman–Crippen LogP) is 2.51. The molecular formula is C12H19N3. The summed E-state index contributed by atoms with van der Waals surface area (Å²) in [6.07, 6.45) is 2.28. The fourth-order valence-electron chi connectivity index (χ4n) is 1.74. The SMILES string of the molecule is CC(C)CNc1ccc2c(n1)CCCN2. The zero-order chi connectivity index (χ0) is 10.7. The van der Waals surface area contributed by atoms with Crippen LogP contribution in [0.1, 0.15) is 26.0 Å². The maximum Gasteiger partial charge on any atom is 0.126 e. The van der Waals surface area contributed by atoms with Gasteiger partial charge in [-0.3, -0.25) is 0 Å². The molecule has 1 aliphatic rings. The third kappa shape index (κ3) is 2.61. The van der Waals surface area contributed by atoms with Gasteiger partial charge in [-0.1, -0.05) is 13.8 Å². The van der Waals surface area contributed by atoms with Crippen LogP contribution in [-0.2, 0) is 6.42 Å². The van der Waals surface area contributed by atoms with Gasteiger partial charge in [0.25, 0.3) is 0 Å². The van der Waals surface area contributed by atoms with Crippen molar-refractivity contribution < 1.29 is 0 Å². The Balaban J connectivity index is 2.07. The Morgan fingerprint density at radius 1 is 1.47 bits per heavy atom. The Labute approximate surface area is 91.3 Å². The number of nitrogens with zero attached hydrogens (tertiary/aromatic N) is 1. The molecule has 2 rings (SSSR count). The second-order valence-electron chi connectivity index (χ2n) is 4.50. The first kappa shape index (κ1) is 10.3. The van der Waals surface area contributed by atoms with Crippen molar-refractivity contribution in [3.05, 3.63) is 17.8 Å². The highest BCUT2D eigenvalue weighted by Crippen LogP contribution is 2.21. The van der Waals surface area contributed by atoms with Crippen LogP contribution in [0.5, 0.6) is 0 Å². The van der Waals surface area contributed by atoms with Gasteiger partial charge in [0.15, 0.2) is 0 Å². The standard InChI is InChI=1S/C12H19N3/c1-9(2)8-14-12-6-5-10-11(15-12)4-3-7-13-10/h5-6,9,13H,3-4,7-8H2,1-2H3,(H,14,15). The summed E-state index contributed by atoms with van der Waals surface area (Å²) >= 11 is 0. The molecule has 0 saturated heterocycles. The quantitative estimate of drug-likeness (QED) is 0.796. The van der Waals surface area contributed by atoms with Crippen molar-refractivity contribution in [1.82, 2.24) is 4.98 Å². The van der Waals surface area contributed by atoms with Gasteiger partial charge in [0.05, 0.1) is 11.4 Å². The van der Waals surface area contributed by atoms with Gasteiger partial charge in [-0.05, 0) is 30.9 Å². The molecule has 0 spiro atoms. The molecule has 3 nitrogen and oxygen atoms in total. The zero-order valence-electron chi connectivity index (χ0n) is 9.51. The highest BCUT2D eigenvalue weighted by atomic mass is 15.0. The average Bonchev–Trinajstić information content (AvgIpc) is 2.26. The smallest absolute Gasteiger partial charge is 0.126 e. The number of aryl methyl sites for hydroxylation is 1. The lowest BCUT2D eigenvalue weighted by molar-refractivity contribution is 0.686. The van der Waals surface area contributed by atoms with Gasteiger partial charge < -0.3 is 10.6 Å². The normalized spacial score (nSPS) is 14.6. The minimum Gasteiger partial charge on any atom is -0.384 e. The van der Waals surface area contributed by atoms with Gasteiger partial charge >= 0.3 is 0 Å². The maximum absolute atomic E-state index is 4.61. The second-order valence-corrected chi connectivity index (χ2v) is 4.50. The molecule has 0 saturated carbocycles. The van der Waals surface area contributed by atoms with Crippen LogP contribution in [0.25, 0.3) is 0 Å². The molecule has 0 fully saturated rings. The van der Waals surface area contributed by atoms with Gasteiger partial charge in [0.1, 0.15) is 5.82 Å². The summed E-state index contributed by atoms with van der Waals surface area (Å²) in [5.41, 5.74) is 2.41. The molecule has 15 heavy (non-hydrogen) atoms. The van der Waals surface area contributed by atoms with E-state index in [0.29, 0.717) is 5.92 Å².